The lowest BCUT2D eigenvalue weighted by Gasteiger charge is -2.23. The third-order valence-electron chi connectivity index (χ3n) is 2.65. The normalized spacial score (nSPS) is 12.6. The summed E-state index contributed by atoms with van der Waals surface area (Å²) in [6, 6.07) is 5.34. The zero-order valence-corrected chi connectivity index (χ0v) is 15.9. The van der Waals surface area contributed by atoms with Gasteiger partial charge in [-0.1, -0.05) is 29.3 Å². The predicted molar refractivity (Wildman–Crippen MR) is 96.1 cm³/mol. The van der Waals surface area contributed by atoms with E-state index in [1.807, 2.05) is 26.8 Å². The SMILES string of the molecule is C[C@@H](OC(=O)CSCc1ccc(Cl)c(Cl)c1)C(=O)NC(C)(C)C. The Bertz CT molecular complexity index is 573. The Hall–Kier alpha value is -0.910. The maximum atomic E-state index is 11.8. The molecule has 1 N–H and O–H groups in total. The van der Waals surface area contributed by atoms with Crippen LogP contribution in [0.5, 0.6) is 0 Å². The molecule has 128 valence electrons. The molecule has 7 heteroatoms. The number of nitrogens with one attached hydrogen (secondary N) is 1. The fourth-order valence-electron chi connectivity index (χ4n) is 1.64. The Kier molecular flexibility index (Phi) is 7.71. The highest BCUT2D eigenvalue weighted by Crippen LogP contribution is 2.24. The van der Waals surface area contributed by atoms with Crippen molar-refractivity contribution in [2.45, 2.75) is 45.1 Å². The van der Waals surface area contributed by atoms with E-state index in [-0.39, 0.29) is 17.2 Å². The third-order valence-corrected chi connectivity index (χ3v) is 4.36. The molecule has 0 radical (unpaired) electrons. The van der Waals surface area contributed by atoms with Crippen molar-refractivity contribution in [3.05, 3.63) is 33.8 Å². The molecule has 0 saturated heterocycles. The van der Waals surface area contributed by atoms with Crippen molar-refractivity contribution in [3.63, 3.8) is 0 Å². The molecule has 1 atom stereocenters. The number of halogens is 2. The molecule has 0 fully saturated rings. The first-order valence-electron chi connectivity index (χ1n) is 7.11. The van der Waals surface area contributed by atoms with Gasteiger partial charge in [0, 0.05) is 11.3 Å². The van der Waals surface area contributed by atoms with Crippen molar-refractivity contribution in [1.82, 2.24) is 5.32 Å². The average molecular weight is 378 g/mol. The van der Waals surface area contributed by atoms with Crippen molar-refractivity contribution < 1.29 is 14.3 Å². The second-order valence-corrected chi connectivity index (χ2v) is 7.91. The van der Waals surface area contributed by atoms with E-state index in [9.17, 15) is 9.59 Å². The minimum atomic E-state index is -0.813. The number of hydrogen-bond donors (Lipinski definition) is 1. The largest absolute Gasteiger partial charge is 0.452 e. The number of carbonyl (C=O) groups is 2. The van der Waals surface area contributed by atoms with Crippen molar-refractivity contribution >= 4 is 46.8 Å². The van der Waals surface area contributed by atoms with E-state index in [4.69, 9.17) is 27.9 Å². The van der Waals surface area contributed by atoms with Crippen LogP contribution in [-0.2, 0) is 20.1 Å². The maximum Gasteiger partial charge on any atom is 0.316 e. The van der Waals surface area contributed by atoms with Crippen LogP contribution in [0.1, 0.15) is 33.3 Å². The number of ether oxygens (including phenoxy) is 1. The van der Waals surface area contributed by atoms with Gasteiger partial charge in [-0.3, -0.25) is 9.59 Å². The fourth-order valence-corrected chi connectivity index (χ4v) is 2.71. The third kappa shape index (κ3) is 7.95. The van der Waals surface area contributed by atoms with Crippen molar-refractivity contribution in [3.8, 4) is 0 Å². The summed E-state index contributed by atoms with van der Waals surface area (Å²) in [5.74, 6) is 0.0361. The molecule has 1 aromatic rings. The number of esters is 1. The molecule has 0 spiro atoms. The smallest absolute Gasteiger partial charge is 0.316 e. The molecule has 0 aromatic heterocycles. The Morgan fingerprint density at radius 1 is 1.26 bits per heavy atom. The highest BCUT2D eigenvalue weighted by atomic mass is 35.5. The van der Waals surface area contributed by atoms with Gasteiger partial charge in [0.15, 0.2) is 6.10 Å². The van der Waals surface area contributed by atoms with Gasteiger partial charge < -0.3 is 10.1 Å². The maximum absolute atomic E-state index is 11.8. The van der Waals surface area contributed by atoms with Crippen LogP contribution < -0.4 is 5.32 Å². The second kappa shape index (κ2) is 8.81. The first kappa shape index (κ1) is 20.1. The minimum Gasteiger partial charge on any atom is -0.452 e. The summed E-state index contributed by atoms with van der Waals surface area (Å²) in [5, 5.41) is 3.75. The molecule has 1 rings (SSSR count). The van der Waals surface area contributed by atoms with Crippen LogP contribution in [0, 0.1) is 0 Å². The number of benzene rings is 1. The summed E-state index contributed by atoms with van der Waals surface area (Å²) in [5.41, 5.74) is 0.608. The van der Waals surface area contributed by atoms with Gasteiger partial charge >= 0.3 is 5.97 Å². The molecule has 0 heterocycles. The number of hydrogen-bond acceptors (Lipinski definition) is 4. The van der Waals surface area contributed by atoms with Crippen LogP contribution in [0.15, 0.2) is 18.2 Å². The summed E-state index contributed by atoms with van der Waals surface area (Å²) in [6.45, 7) is 7.16. The van der Waals surface area contributed by atoms with E-state index < -0.39 is 12.1 Å². The zero-order chi connectivity index (χ0) is 17.6. The van der Waals surface area contributed by atoms with Crippen LogP contribution >= 0.6 is 35.0 Å². The van der Waals surface area contributed by atoms with E-state index in [1.54, 1.807) is 19.1 Å². The number of thioether (sulfide) groups is 1. The molecular formula is C16H21Cl2NO3S. The number of carbonyl (C=O) groups excluding carboxylic acids is 2. The lowest BCUT2D eigenvalue weighted by Crippen LogP contribution is -2.46. The lowest BCUT2D eigenvalue weighted by molar-refractivity contribution is -0.152. The van der Waals surface area contributed by atoms with E-state index in [0.29, 0.717) is 15.8 Å². The molecule has 4 nitrogen and oxygen atoms in total. The molecule has 1 amide bonds. The zero-order valence-electron chi connectivity index (χ0n) is 13.6. The van der Waals surface area contributed by atoms with Gasteiger partial charge in [0.25, 0.3) is 5.91 Å². The van der Waals surface area contributed by atoms with Crippen LogP contribution in [0.2, 0.25) is 10.0 Å². The molecule has 0 bridgehead atoms. The highest BCUT2D eigenvalue weighted by molar-refractivity contribution is 7.99. The van der Waals surface area contributed by atoms with Crippen molar-refractivity contribution in [1.29, 1.82) is 0 Å². The predicted octanol–water partition coefficient (Wildman–Crippen LogP) is 4.07. The summed E-state index contributed by atoms with van der Waals surface area (Å²) in [7, 11) is 0. The van der Waals surface area contributed by atoms with Crippen LogP contribution in [0.25, 0.3) is 0 Å². The van der Waals surface area contributed by atoms with Gasteiger partial charge in [0.2, 0.25) is 0 Å². The summed E-state index contributed by atoms with van der Waals surface area (Å²) < 4.78 is 5.12. The summed E-state index contributed by atoms with van der Waals surface area (Å²) in [4.78, 5) is 23.6. The molecule has 0 aliphatic heterocycles. The standard InChI is InChI=1S/C16H21Cl2NO3S/c1-10(15(21)19-16(2,3)4)22-14(20)9-23-8-11-5-6-12(17)13(18)7-11/h5-7,10H,8-9H2,1-4H3,(H,19,21)/t10-/m1/s1. The lowest BCUT2D eigenvalue weighted by atomic mass is 10.1. The monoisotopic (exact) mass is 377 g/mol. The van der Waals surface area contributed by atoms with E-state index in [1.165, 1.54) is 11.8 Å². The molecule has 1 aromatic carbocycles. The Morgan fingerprint density at radius 3 is 2.48 bits per heavy atom. The summed E-state index contributed by atoms with van der Waals surface area (Å²) in [6.07, 6.45) is -0.813. The van der Waals surface area contributed by atoms with Gasteiger partial charge in [-0.25, -0.2) is 0 Å². The Labute approximate surface area is 151 Å². The molecule has 0 unspecified atom stereocenters. The number of rotatable bonds is 6. The van der Waals surface area contributed by atoms with E-state index >= 15 is 0 Å². The topological polar surface area (TPSA) is 55.4 Å². The van der Waals surface area contributed by atoms with Crippen LogP contribution in [0.4, 0.5) is 0 Å². The van der Waals surface area contributed by atoms with Crippen LogP contribution in [0.3, 0.4) is 0 Å². The minimum absolute atomic E-state index is 0.160. The van der Waals surface area contributed by atoms with Gasteiger partial charge in [-0.2, -0.15) is 0 Å². The molecule has 23 heavy (non-hydrogen) atoms. The van der Waals surface area contributed by atoms with Crippen molar-refractivity contribution in [2.24, 2.45) is 0 Å². The van der Waals surface area contributed by atoms with Gasteiger partial charge in [-0.15, -0.1) is 11.8 Å². The van der Waals surface area contributed by atoms with Gasteiger partial charge in [-0.05, 0) is 45.4 Å². The van der Waals surface area contributed by atoms with Gasteiger partial charge in [0.1, 0.15) is 0 Å². The summed E-state index contributed by atoms with van der Waals surface area (Å²) >= 11 is 13.2. The van der Waals surface area contributed by atoms with Crippen molar-refractivity contribution in [2.75, 3.05) is 5.75 Å². The average Bonchev–Trinajstić information content (AvgIpc) is 2.40. The van der Waals surface area contributed by atoms with Crippen LogP contribution in [-0.4, -0.2) is 29.3 Å². The second-order valence-electron chi connectivity index (χ2n) is 6.11. The fraction of sp³-hybridized carbons (Fsp3) is 0.500. The van der Waals surface area contributed by atoms with E-state index in [2.05, 4.69) is 5.32 Å². The Balaban J connectivity index is 2.36. The molecule has 0 saturated carbocycles. The first-order valence-corrected chi connectivity index (χ1v) is 9.03. The molecular weight excluding hydrogens is 357 g/mol. The Morgan fingerprint density at radius 2 is 1.91 bits per heavy atom. The quantitative estimate of drug-likeness (QED) is 0.758. The van der Waals surface area contributed by atoms with Gasteiger partial charge in [0.05, 0.1) is 15.8 Å². The highest BCUT2D eigenvalue weighted by Gasteiger charge is 2.22. The first-order chi connectivity index (χ1) is 10.6. The number of amides is 1. The van der Waals surface area contributed by atoms with E-state index in [0.717, 1.165) is 5.56 Å². The molecule has 0 aliphatic carbocycles. The molecule has 0 aliphatic rings.